The Labute approximate surface area is 149 Å². The Morgan fingerprint density at radius 3 is 1.88 bits per heavy atom. The van der Waals surface area contributed by atoms with Gasteiger partial charge in [-0.05, 0) is 61.7 Å². The zero-order valence-corrected chi connectivity index (χ0v) is 16.2. The van der Waals surface area contributed by atoms with Crippen LogP contribution >= 0.6 is 0 Å². The molecule has 0 saturated carbocycles. The number of sulfonamides is 2. The van der Waals surface area contributed by atoms with Crippen molar-refractivity contribution in [3.63, 3.8) is 0 Å². The lowest BCUT2D eigenvalue weighted by Crippen LogP contribution is -2.30. The fourth-order valence-corrected chi connectivity index (χ4v) is 4.35. The van der Waals surface area contributed by atoms with Crippen LogP contribution in [-0.4, -0.2) is 28.2 Å². The van der Waals surface area contributed by atoms with E-state index in [1.807, 2.05) is 13.8 Å². The summed E-state index contributed by atoms with van der Waals surface area (Å²) in [6.07, 6.45) is 0. The summed E-state index contributed by atoms with van der Waals surface area (Å²) in [7, 11) is -5.95. The van der Waals surface area contributed by atoms with E-state index >= 15 is 0 Å². The molecule has 0 amide bonds. The van der Waals surface area contributed by atoms with Gasteiger partial charge in [-0.15, -0.1) is 0 Å². The van der Waals surface area contributed by atoms with Gasteiger partial charge in [0, 0.05) is 13.1 Å². The molecule has 0 spiro atoms. The predicted octanol–water partition coefficient (Wildman–Crippen LogP) is 2.33. The molecule has 136 valence electrons. The Morgan fingerprint density at radius 2 is 1.40 bits per heavy atom. The van der Waals surface area contributed by atoms with Gasteiger partial charge in [0.25, 0.3) is 0 Å². The second kappa shape index (κ2) is 6.87. The first-order valence-corrected chi connectivity index (χ1v) is 10.6. The van der Waals surface area contributed by atoms with Gasteiger partial charge in [0.1, 0.15) is 0 Å². The van der Waals surface area contributed by atoms with Crippen molar-refractivity contribution in [2.24, 2.45) is 5.14 Å². The minimum Gasteiger partial charge on any atom is -0.225 e. The van der Waals surface area contributed by atoms with E-state index in [0.717, 1.165) is 11.1 Å². The van der Waals surface area contributed by atoms with E-state index in [-0.39, 0.29) is 9.79 Å². The van der Waals surface area contributed by atoms with E-state index in [2.05, 4.69) is 0 Å². The Bertz CT molecular complexity index is 982. The molecular formula is C17H22N2O4S2. The van der Waals surface area contributed by atoms with Crippen LogP contribution < -0.4 is 5.14 Å². The van der Waals surface area contributed by atoms with E-state index in [0.29, 0.717) is 5.56 Å². The molecule has 1 atom stereocenters. The fourth-order valence-electron chi connectivity index (χ4n) is 2.39. The first kappa shape index (κ1) is 19.6. The molecule has 2 rings (SSSR count). The van der Waals surface area contributed by atoms with Gasteiger partial charge in [0.05, 0.1) is 9.79 Å². The largest absolute Gasteiger partial charge is 0.243 e. The van der Waals surface area contributed by atoms with Crippen molar-refractivity contribution in [3.05, 3.63) is 59.2 Å². The molecular weight excluding hydrogens is 360 g/mol. The van der Waals surface area contributed by atoms with Crippen molar-refractivity contribution in [1.29, 1.82) is 0 Å². The Kier molecular flexibility index (Phi) is 5.38. The van der Waals surface area contributed by atoms with Gasteiger partial charge in [0.2, 0.25) is 20.0 Å². The first-order chi connectivity index (χ1) is 11.4. The summed E-state index contributed by atoms with van der Waals surface area (Å²) in [6, 6.07) is 10.4. The number of hydrogen-bond donors (Lipinski definition) is 1. The SMILES string of the molecule is Cc1ccc(S(=O)(=O)N(C)[C@@H](C)c2ccc(S(N)(=O)=O)cc2)cc1C. The number of nitrogens with zero attached hydrogens (tertiary/aromatic N) is 1. The number of primary sulfonamides is 1. The second-order valence-corrected chi connectivity index (χ2v) is 9.62. The molecule has 0 aromatic heterocycles. The third-order valence-electron chi connectivity index (χ3n) is 4.39. The average molecular weight is 383 g/mol. The summed E-state index contributed by atoms with van der Waals surface area (Å²) in [6.45, 7) is 5.53. The van der Waals surface area contributed by atoms with E-state index in [9.17, 15) is 16.8 Å². The zero-order valence-electron chi connectivity index (χ0n) is 14.6. The van der Waals surface area contributed by atoms with Gasteiger partial charge in [-0.1, -0.05) is 18.2 Å². The maximum Gasteiger partial charge on any atom is 0.243 e. The lowest BCUT2D eigenvalue weighted by atomic mass is 10.1. The topological polar surface area (TPSA) is 97.5 Å². The zero-order chi connectivity index (χ0) is 19.0. The van der Waals surface area contributed by atoms with Crippen LogP contribution in [0.15, 0.2) is 52.3 Å². The van der Waals surface area contributed by atoms with Gasteiger partial charge in [-0.25, -0.2) is 22.0 Å². The van der Waals surface area contributed by atoms with Crippen molar-refractivity contribution < 1.29 is 16.8 Å². The van der Waals surface area contributed by atoms with Gasteiger partial charge in [-0.3, -0.25) is 0 Å². The quantitative estimate of drug-likeness (QED) is 0.858. The van der Waals surface area contributed by atoms with Gasteiger partial charge in [-0.2, -0.15) is 4.31 Å². The predicted molar refractivity (Wildman–Crippen MR) is 97.1 cm³/mol. The molecule has 0 aliphatic rings. The molecule has 25 heavy (non-hydrogen) atoms. The molecule has 0 saturated heterocycles. The van der Waals surface area contributed by atoms with E-state index < -0.39 is 26.1 Å². The van der Waals surface area contributed by atoms with Gasteiger partial charge >= 0.3 is 0 Å². The fraction of sp³-hybridized carbons (Fsp3) is 0.294. The number of hydrogen-bond acceptors (Lipinski definition) is 4. The molecule has 8 heteroatoms. The summed E-state index contributed by atoms with van der Waals surface area (Å²) < 4.78 is 49.6. The van der Waals surface area contributed by atoms with Crippen molar-refractivity contribution in [2.75, 3.05) is 7.05 Å². The smallest absolute Gasteiger partial charge is 0.225 e. The maximum atomic E-state index is 12.8. The van der Waals surface area contributed by atoms with Crippen LogP contribution in [0.5, 0.6) is 0 Å². The summed E-state index contributed by atoms with van der Waals surface area (Å²) >= 11 is 0. The Balaban J connectivity index is 2.35. The van der Waals surface area contributed by atoms with Crippen LogP contribution in [0.25, 0.3) is 0 Å². The highest BCUT2D eigenvalue weighted by molar-refractivity contribution is 7.89. The van der Waals surface area contributed by atoms with Crippen LogP contribution in [-0.2, 0) is 20.0 Å². The molecule has 2 N–H and O–H groups in total. The Hall–Kier alpha value is -1.74. The molecule has 0 unspecified atom stereocenters. The third kappa shape index (κ3) is 4.09. The standard InChI is InChI=1S/C17H22N2O4S2/c1-12-5-8-17(11-13(12)2)25(22,23)19(4)14(3)15-6-9-16(10-7-15)24(18,20)21/h5-11,14H,1-4H3,(H2,18,20,21)/t14-/m0/s1. The molecule has 0 aliphatic carbocycles. The van der Waals surface area contributed by atoms with Crippen molar-refractivity contribution in [1.82, 2.24) is 4.31 Å². The summed E-state index contributed by atoms with van der Waals surface area (Å²) in [5.74, 6) is 0. The van der Waals surface area contributed by atoms with E-state index in [1.54, 1.807) is 37.3 Å². The van der Waals surface area contributed by atoms with Crippen molar-refractivity contribution in [2.45, 2.75) is 36.6 Å². The first-order valence-electron chi connectivity index (χ1n) is 7.62. The summed E-state index contributed by atoms with van der Waals surface area (Å²) in [5.41, 5.74) is 2.59. The molecule has 0 radical (unpaired) electrons. The van der Waals surface area contributed by atoms with Crippen LogP contribution in [0.1, 0.15) is 29.7 Å². The summed E-state index contributed by atoms with van der Waals surface area (Å²) in [4.78, 5) is 0.217. The van der Waals surface area contributed by atoms with E-state index in [4.69, 9.17) is 5.14 Å². The number of benzene rings is 2. The maximum absolute atomic E-state index is 12.8. The van der Waals surface area contributed by atoms with Gasteiger partial charge in [0.15, 0.2) is 0 Å². The average Bonchev–Trinajstić information content (AvgIpc) is 2.55. The minimum atomic E-state index is -3.78. The normalized spacial score (nSPS) is 13.8. The van der Waals surface area contributed by atoms with Crippen molar-refractivity contribution in [3.8, 4) is 0 Å². The van der Waals surface area contributed by atoms with Crippen LogP contribution in [0.3, 0.4) is 0 Å². The lowest BCUT2D eigenvalue weighted by molar-refractivity contribution is 0.398. The molecule has 0 fully saturated rings. The molecule has 6 nitrogen and oxygen atoms in total. The van der Waals surface area contributed by atoms with Crippen LogP contribution in [0.2, 0.25) is 0 Å². The minimum absolute atomic E-state index is 0.0110. The Morgan fingerprint density at radius 1 is 0.880 bits per heavy atom. The third-order valence-corrected chi connectivity index (χ3v) is 7.25. The second-order valence-electron chi connectivity index (χ2n) is 6.06. The number of rotatable bonds is 5. The molecule has 0 aliphatic heterocycles. The van der Waals surface area contributed by atoms with Gasteiger partial charge < -0.3 is 0 Å². The van der Waals surface area contributed by atoms with Crippen LogP contribution in [0.4, 0.5) is 0 Å². The monoisotopic (exact) mass is 382 g/mol. The van der Waals surface area contributed by atoms with E-state index in [1.165, 1.54) is 23.5 Å². The highest BCUT2D eigenvalue weighted by atomic mass is 32.2. The van der Waals surface area contributed by atoms with Crippen LogP contribution in [0, 0.1) is 13.8 Å². The number of aryl methyl sites for hydroxylation is 2. The highest BCUT2D eigenvalue weighted by Gasteiger charge is 2.26. The highest BCUT2D eigenvalue weighted by Crippen LogP contribution is 2.27. The van der Waals surface area contributed by atoms with Crippen molar-refractivity contribution >= 4 is 20.0 Å². The molecule has 2 aromatic rings. The molecule has 2 aromatic carbocycles. The molecule has 0 heterocycles. The lowest BCUT2D eigenvalue weighted by Gasteiger charge is -2.25. The molecule has 0 bridgehead atoms. The summed E-state index contributed by atoms with van der Waals surface area (Å²) in [5, 5.41) is 5.08. The number of nitrogens with two attached hydrogens (primary N) is 1.